The molecule has 2 aliphatic rings. The number of nitrogens with zero attached hydrogens (tertiary/aromatic N) is 4. The smallest absolute Gasteiger partial charge is 0.236 e. The number of anilines is 1. The standard InChI is InChI=1S/C23H29ClN4O2/c24-20-7-5-19(6-8-20)17-25-11-15-28(16-12-25)23(30)18-26-9-13-27(14-10-26)21-3-1-2-4-22(21)29/h1-8,29H,9-18H2. The zero-order chi connectivity index (χ0) is 20.9. The summed E-state index contributed by atoms with van der Waals surface area (Å²) in [5.41, 5.74) is 2.13. The van der Waals surface area contributed by atoms with Crippen LogP contribution in [0.1, 0.15) is 5.56 Å². The molecule has 1 N–H and O–H groups in total. The predicted molar refractivity (Wildman–Crippen MR) is 120 cm³/mol. The van der Waals surface area contributed by atoms with Crippen molar-refractivity contribution in [3.8, 4) is 5.75 Å². The highest BCUT2D eigenvalue weighted by Gasteiger charge is 2.25. The zero-order valence-electron chi connectivity index (χ0n) is 17.2. The van der Waals surface area contributed by atoms with Crippen molar-refractivity contribution in [3.05, 3.63) is 59.1 Å². The number of hydrogen-bond acceptors (Lipinski definition) is 5. The third kappa shape index (κ3) is 5.25. The third-order valence-electron chi connectivity index (χ3n) is 6.00. The number of phenolic OH excluding ortho intramolecular Hbond substituents is 1. The van der Waals surface area contributed by atoms with E-state index in [1.807, 2.05) is 35.2 Å². The second-order valence-electron chi connectivity index (χ2n) is 8.04. The number of benzene rings is 2. The summed E-state index contributed by atoms with van der Waals surface area (Å²) >= 11 is 5.96. The van der Waals surface area contributed by atoms with Crippen molar-refractivity contribution in [2.75, 3.05) is 63.8 Å². The minimum absolute atomic E-state index is 0.220. The molecule has 0 radical (unpaired) electrons. The van der Waals surface area contributed by atoms with Crippen LogP contribution >= 0.6 is 11.6 Å². The van der Waals surface area contributed by atoms with Gasteiger partial charge in [-0.1, -0.05) is 35.9 Å². The lowest BCUT2D eigenvalue weighted by Crippen LogP contribution is -2.53. The summed E-state index contributed by atoms with van der Waals surface area (Å²) in [5.74, 6) is 0.538. The van der Waals surface area contributed by atoms with Crippen LogP contribution < -0.4 is 4.90 Å². The predicted octanol–water partition coefficient (Wildman–Crippen LogP) is 2.51. The van der Waals surface area contributed by atoms with Crippen molar-refractivity contribution in [1.82, 2.24) is 14.7 Å². The summed E-state index contributed by atoms with van der Waals surface area (Å²) in [4.78, 5) is 21.6. The molecule has 2 aromatic rings. The maximum Gasteiger partial charge on any atom is 0.236 e. The van der Waals surface area contributed by atoms with Gasteiger partial charge in [0.2, 0.25) is 5.91 Å². The minimum atomic E-state index is 0.220. The van der Waals surface area contributed by atoms with Crippen LogP contribution in [-0.4, -0.2) is 84.6 Å². The average Bonchev–Trinajstić information content (AvgIpc) is 2.77. The normalized spacial score (nSPS) is 18.6. The highest BCUT2D eigenvalue weighted by molar-refractivity contribution is 6.30. The van der Waals surface area contributed by atoms with Gasteiger partial charge < -0.3 is 14.9 Å². The van der Waals surface area contributed by atoms with Gasteiger partial charge in [-0.25, -0.2) is 0 Å². The first-order valence-electron chi connectivity index (χ1n) is 10.6. The van der Waals surface area contributed by atoms with Crippen molar-refractivity contribution < 1.29 is 9.90 Å². The monoisotopic (exact) mass is 428 g/mol. The quantitative estimate of drug-likeness (QED) is 0.793. The second-order valence-corrected chi connectivity index (χ2v) is 8.47. The van der Waals surface area contributed by atoms with Gasteiger partial charge in [-0.05, 0) is 29.8 Å². The Bertz CT molecular complexity index is 845. The van der Waals surface area contributed by atoms with E-state index in [1.54, 1.807) is 6.07 Å². The lowest BCUT2D eigenvalue weighted by Gasteiger charge is -2.38. The Kier molecular flexibility index (Phi) is 6.77. The summed E-state index contributed by atoms with van der Waals surface area (Å²) in [6, 6.07) is 15.4. The topological polar surface area (TPSA) is 50.3 Å². The fourth-order valence-electron chi connectivity index (χ4n) is 4.17. The van der Waals surface area contributed by atoms with Gasteiger partial charge in [0.15, 0.2) is 0 Å². The van der Waals surface area contributed by atoms with Crippen molar-refractivity contribution >= 4 is 23.2 Å². The van der Waals surface area contributed by atoms with Crippen LogP contribution in [0.25, 0.3) is 0 Å². The molecule has 4 rings (SSSR count). The molecule has 7 heteroatoms. The van der Waals surface area contributed by atoms with Crippen molar-refractivity contribution in [1.29, 1.82) is 0 Å². The molecule has 0 aliphatic carbocycles. The van der Waals surface area contributed by atoms with Crippen LogP contribution in [0.2, 0.25) is 5.02 Å². The molecule has 0 atom stereocenters. The first-order valence-corrected chi connectivity index (χ1v) is 11.0. The first kappa shape index (κ1) is 21.0. The Morgan fingerprint density at radius 3 is 2.13 bits per heavy atom. The van der Waals surface area contributed by atoms with E-state index in [9.17, 15) is 9.90 Å². The van der Waals surface area contributed by atoms with Gasteiger partial charge in [-0.15, -0.1) is 0 Å². The Morgan fingerprint density at radius 1 is 0.833 bits per heavy atom. The average molecular weight is 429 g/mol. The number of aromatic hydroxyl groups is 1. The van der Waals surface area contributed by atoms with E-state index in [4.69, 9.17) is 11.6 Å². The number of rotatable bonds is 5. The summed E-state index contributed by atoms with van der Waals surface area (Å²) in [6.45, 7) is 8.03. The number of hydrogen-bond donors (Lipinski definition) is 1. The Labute approximate surface area is 183 Å². The van der Waals surface area contributed by atoms with Crippen LogP contribution in [0.3, 0.4) is 0 Å². The zero-order valence-corrected chi connectivity index (χ0v) is 18.0. The molecular weight excluding hydrogens is 400 g/mol. The summed E-state index contributed by atoms with van der Waals surface area (Å²) < 4.78 is 0. The maximum atomic E-state index is 12.8. The van der Waals surface area contributed by atoms with Gasteiger partial charge >= 0.3 is 0 Å². The molecular formula is C23H29ClN4O2. The fourth-order valence-corrected chi connectivity index (χ4v) is 4.30. The number of piperazine rings is 2. The van der Waals surface area contributed by atoms with Gasteiger partial charge in [-0.2, -0.15) is 0 Å². The summed E-state index contributed by atoms with van der Waals surface area (Å²) in [7, 11) is 0. The van der Waals surface area contributed by atoms with Gasteiger partial charge in [0.25, 0.3) is 0 Å². The molecule has 2 aromatic carbocycles. The molecule has 2 saturated heterocycles. The van der Waals surface area contributed by atoms with Crippen molar-refractivity contribution in [3.63, 3.8) is 0 Å². The maximum absolute atomic E-state index is 12.8. The molecule has 2 fully saturated rings. The molecule has 1 amide bonds. The van der Waals surface area contributed by atoms with E-state index < -0.39 is 0 Å². The SMILES string of the molecule is O=C(CN1CCN(c2ccccc2O)CC1)N1CCN(Cc2ccc(Cl)cc2)CC1. The number of carbonyl (C=O) groups is 1. The molecule has 2 aliphatic heterocycles. The van der Waals surface area contributed by atoms with Gasteiger partial charge in [-0.3, -0.25) is 14.6 Å². The number of halogens is 1. The summed E-state index contributed by atoms with van der Waals surface area (Å²) in [6.07, 6.45) is 0. The van der Waals surface area contributed by atoms with Crippen molar-refractivity contribution in [2.24, 2.45) is 0 Å². The third-order valence-corrected chi connectivity index (χ3v) is 6.25. The van der Waals surface area contributed by atoms with E-state index in [0.29, 0.717) is 12.3 Å². The second kappa shape index (κ2) is 9.69. The fraction of sp³-hybridized carbons (Fsp3) is 0.435. The van der Waals surface area contributed by atoms with E-state index in [-0.39, 0.29) is 5.91 Å². The van der Waals surface area contributed by atoms with E-state index in [1.165, 1.54) is 5.56 Å². The van der Waals surface area contributed by atoms with E-state index in [2.05, 4.69) is 26.8 Å². The van der Waals surface area contributed by atoms with Crippen LogP contribution in [0.15, 0.2) is 48.5 Å². The van der Waals surface area contributed by atoms with Crippen LogP contribution in [0, 0.1) is 0 Å². The molecule has 2 heterocycles. The lowest BCUT2D eigenvalue weighted by molar-refractivity contribution is -0.134. The first-order chi connectivity index (χ1) is 14.6. The molecule has 30 heavy (non-hydrogen) atoms. The largest absolute Gasteiger partial charge is 0.506 e. The molecule has 0 spiro atoms. The Balaban J connectivity index is 1.20. The molecule has 0 aromatic heterocycles. The number of amides is 1. The number of carbonyl (C=O) groups excluding carboxylic acids is 1. The highest BCUT2D eigenvalue weighted by atomic mass is 35.5. The van der Waals surface area contributed by atoms with Gasteiger partial charge in [0.1, 0.15) is 5.75 Å². The van der Waals surface area contributed by atoms with Crippen LogP contribution in [0.4, 0.5) is 5.69 Å². The minimum Gasteiger partial charge on any atom is -0.506 e. The molecule has 0 saturated carbocycles. The number of phenols is 1. The van der Waals surface area contributed by atoms with Crippen LogP contribution in [0.5, 0.6) is 5.75 Å². The van der Waals surface area contributed by atoms with Gasteiger partial charge in [0.05, 0.1) is 12.2 Å². The molecule has 0 bridgehead atoms. The molecule has 6 nitrogen and oxygen atoms in total. The van der Waals surface area contributed by atoms with E-state index >= 15 is 0 Å². The highest BCUT2D eigenvalue weighted by Crippen LogP contribution is 2.27. The van der Waals surface area contributed by atoms with E-state index in [0.717, 1.165) is 69.6 Å². The molecule has 160 valence electrons. The van der Waals surface area contributed by atoms with Crippen molar-refractivity contribution in [2.45, 2.75) is 6.54 Å². The number of para-hydroxylation sites is 2. The Morgan fingerprint density at radius 2 is 1.47 bits per heavy atom. The van der Waals surface area contributed by atoms with Crippen LogP contribution in [-0.2, 0) is 11.3 Å². The summed E-state index contributed by atoms with van der Waals surface area (Å²) in [5, 5.41) is 10.8. The Hall–Kier alpha value is -2.28. The van der Waals surface area contributed by atoms with Gasteiger partial charge in [0, 0.05) is 63.9 Å². The molecule has 0 unspecified atom stereocenters. The lowest BCUT2D eigenvalue weighted by atomic mass is 10.2.